The molecule has 1 saturated heterocycles. The van der Waals surface area contributed by atoms with E-state index in [0.717, 1.165) is 28.3 Å². The van der Waals surface area contributed by atoms with E-state index in [4.69, 9.17) is 0 Å². The maximum Gasteiger partial charge on any atom is 0.308 e. The molecular weight excluding hydrogens is 358 g/mol. The highest BCUT2D eigenvalue weighted by atomic mass is 16.4. The minimum absolute atomic E-state index is 0.0431. The van der Waals surface area contributed by atoms with E-state index in [9.17, 15) is 14.7 Å². The molecule has 0 saturated carbocycles. The Morgan fingerprint density at radius 3 is 2.39 bits per heavy atom. The molecule has 1 N–H and O–H groups in total. The van der Waals surface area contributed by atoms with Gasteiger partial charge < -0.3 is 10.0 Å². The molecule has 2 aromatic rings. The van der Waals surface area contributed by atoms with Crippen molar-refractivity contribution in [1.29, 1.82) is 0 Å². The van der Waals surface area contributed by atoms with E-state index < -0.39 is 11.9 Å². The maximum absolute atomic E-state index is 13.0. The third kappa shape index (κ3) is 3.90. The molecule has 8 nitrogen and oxygen atoms in total. The van der Waals surface area contributed by atoms with Gasteiger partial charge in [0.05, 0.1) is 18.0 Å². The highest BCUT2D eigenvalue weighted by Crippen LogP contribution is 2.24. The summed E-state index contributed by atoms with van der Waals surface area (Å²) in [6, 6.07) is 1.94. The van der Waals surface area contributed by atoms with Gasteiger partial charge in [0.25, 0.3) is 5.95 Å². The molecule has 0 bridgehead atoms. The average Bonchev–Trinajstić information content (AvgIpc) is 2.89. The van der Waals surface area contributed by atoms with Crippen molar-refractivity contribution in [3.63, 3.8) is 0 Å². The third-order valence-electron chi connectivity index (χ3n) is 5.48. The number of likely N-dealkylation sites (tertiary alicyclic amines) is 1. The van der Waals surface area contributed by atoms with Gasteiger partial charge in [-0.1, -0.05) is 0 Å². The van der Waals surface area contributed by atoms with Gasteiger partial charge in [0, 0.05) is 35.2 Å². The van der Waals surface area contributed by atoms with Crippen LogP contribution in [0.2, 0.25) is 0 Å². The topological polar surface area (TPSA) is 101 Å². The van der Waals surface area contributed by atoms with E-state index in [1.54, 1.807) is 9.58 Å². The molecule has 1 amide bonds. The van der Waals surface area contributed by atoms with Gasteiger partial charge in [-0.2, -0.15) is 5.10 Å². The zero-order chi connectivity index (χ0) is 20.6. The number of carboxylic acids is 1. The first-order valence-electron chi connectivity index (χ1n) is 9.57. The molecule has 0 aliphatic carbocycles. The molecule has 0 aromatic carbocycles. The summed E-state index contributed by atoms with van der Waals surface area (Å²) >= 11 is 0. The maximum atomic E-state index is 13.0. The van der Waals surface area contributed by atoms with Crippen LogP contribution in [0.5, 0.6) is 0 Å². The Labute approximate surface area is 164 Å². The molecule has 0 spiro atoms. The van der Waals surface area contributed by atoms with E-state index in [-0.39, 0.29) is 24.9 Å². The third-order valence-corrected chi connectivity index (χ3v) is 5.48. The lowest BCUT2D eigenvalue weighted by Crippen LogP contribution is -2.48. The number of nitrogens with zero attached hydrogens (tertiary/aromatic N) is 5. The molecule has 8 heteroatoms. The van der Waals surface area contributed by atoms with Crippen LogP contribution in [0.15, 0.2) is 6.07 Å². The van der Waals surface area contributed by atoms with E-state index >= 15 is 0 Å². The zero-order valence-corrected chi connectivity index (χ0v) is 17.1. The summed E-state index contributed by atoms with van der Waals surface area (Å²) in [5.41, 5.74) is 4.14. The van der Waals surface area contributed by atoms with Crippen LogP contribution in [0.3, 0.4) is 0 Å². The zero-order valence-electron chi connectivity index (χ0n) is 17.1. The second-order valence-electron chi connectivity index (χ2n) is 7.70. The quantitative estimate of drug-likeness (QED) is 0.865. The number of aryl methyl sites for hydroxylation is 3. The SMILES string of the molecule is Cc1cc(C)nc(-n2nc(C)c(CC(=O)N3CC(C(=O)O)CCC3C)c2C)n1. The lowest BCUT2D eigenvalue weighted by Gasteiger charge is -2.36. The van der Waals surface area contributed by atoms with Crippen LogP contribution < -0.4 is 0 Å². The summed E-state index contributed by atoms with van der Waals surface area (Å²) < 4.78 is 1.68. The van der Waals surface area contributed by atoms with Gasteiger partial charge in [0.2, 0.25) is 5.91 Å². The molecule has 3 rings (SSSR count). The summed E-state index contributed by atoms with van der Waals surface area (Å²) in [6.07, 6.45) is 1.51. The Hall–Kier alpha value is -2.77. The minimum Gasteiger partial charge on any atom is -0.481 e. The van der Waals surface area contributed by atoms with Crippen molar-refractivity contribution in [3.8, 4) is 5.95 Å². The highest BCUT2D eigenvalue weighted by molar-refractivity contribution is 5.81. The minimum atomic E-state index is -0.836. The number of carbonyl (C=O) groups is 2. The number of amides is 1. The van der Waals surface area contributed by atoms with Crippen LogP contribution in [-0.4, -0.2) is 54.2 Å². The molecule has 28 heavy (non-hydrogen) atoms. The van der Waals surface area contributed by atoms with Crippen molar-refractivity contribution in [3.05, 3.63) is 34.4 Å². The lowest BCUT2D eigenvalue weighted by atomic mass is 9.93. The number of rotatable bonds is 4. The molecule has 3 heterocycles. The fourth-order valence-electron chi connectivity index (χ4n) is 3.84. The second-order valence-corrected chi connectivity index (χ2v) is 7.70. The standard InChI is InChI=1S/C20H27N5O3/c1-11-8-12(2)22-20(21-11)25-15(5)17(14(4)23-25)9-18(26)24-10-16(19(27)28)7-6-13(24)3/h8,13,16H,6-7,9-10H2,1-5H3,(H,27,28). The molecule has 1 aliphatic rings. The second kappa shape index (κ2) is 7.69. The van der Waals surface area contributed by atoms with Crippen molar-refractivity contribution < 1.29 is 14.7 Å². The van der Waals surface area contributed by atoms with Crippen molar-refractivity contribution >= 4 is 11.9 Å². The monoisotopic (exact) mass is 385 g/mol. The normalized spacial score (nSPS) is 19.7. The predicted molar refractivity (Wildman–Crippen MR) is 103 cm³/mol. The number of carboxylic acid groups (broad SMARTS) is 1. The largest absolute Gasteiger partial charge is 0.481 e. The fourth-order valence-corrected chi connectivity index (χ4v) is 3.84. The van der Waals surface area contributed by atoms with Gasteiger partial charge in [-0.25, -0.2) is 14.6 Å². The summed E-state index contributed by atoms with van der Waals surface area (Å²) in [7, 11) is 0. The number of aromatic nitrogens is 4. The predicted octanol–water partition coefficient (Wildman–Crippen LogP) is 2.15. The van der Waals surface area contributed by atoms with E-state index in [2.05, 4.69) is 15.1 Å². The number of hydrogen-bond acceptors (Lipinski definition) is 5. The van der Waals surface area contributed by atoms with E-state index in [1.807, 2.05) is 40.7 Å². The molecule has 1 fully saturated rings. The number of aliphatic carboxylic acids is 1. The first-order valence-corrected chi connectivity index (χ1v) is 9.57. The summed E-state index contributed by atoms with van der Waals surface area (Å²) in [4.78, 5) is 34.9. The van der Waals surface area contributed by atoms with Crippen LogP contribution in [0.25, 0.3) is 5.95 Å². The average molecular weight is 385 g/mol. The first kappa shape index (κ1) is 20.0. The van der Waals surface area contributed by atoms with E-state index in [1.165, 1.54) is 0 Å². The Kier molecular flexibility index (Phi) is 5.49. The summed E-state index contributed by atoms with van der Waals surface area (Å²) in [5.74, 6) is -0.898. The smallest absolute Gasteiger partial charge is 0.308 e. The van der Waals surface area contributed by atoms with Crippen molar-refractivity contribution in [1.82, 2.24) is 24.6 Å². The highest BCUT2D eigenvalue weighted by Gasteiger charge is 2.33. The van der Waals surface area contributed by atoms with Crippen LogP contribution in [-0.2, 0) is 16.0 Å². The summed E-state index contributed by atoms with van der Waals surface area (Å²) in [5, 5.41) is 13.9. The van der Waals surface area contributed by atoms with Gasteiger partial charge in [0.1, 0.15) is 0 Å². The number of hydrogen-bond donors (Lipinski definition) is 1. The van der Waals surface area contributed by atoms with Gasteiger partial charge in [0.15, 0.2) is 0 Å². The molecule has 2 aromatic heterocycles. The Morgan fingerprint density at radius 1 is 1.14 bits per heavy atom. The van der Waals surface area contributed by atoms with Gasteiger partial charge in [-0.3, -0.25) is 9.59 Å². The van der Waals surface area contributed by atoms with Gasteiger partial charge in [-0.05, 0) is 53.5 Å². The Balaban J connectivity index is 1.85. The molecule has 2 unspecified atom stereocenters. The van der Waals surface area contributed by atoms with Gasteiger partial charge >= 0.3 is 5.97 Å². The lowest BCUT2D eigenvalue weighted by molar-refractivity contribution is -0.147. The summed E-state index contributed by atoms with van der Waals surface area (Å²) in [6.45, 7) is 9.83. The molecule has 150 valence electrons. The number of carbonyl (C=O) groups excluding carboxylic acids is 1. The Morgan fingerprint density at radius 2 is 1.79 bits per heavy atom. The van der Waals surface area contributed by atoms with Crippen LogP contribution in [0.1, 0.15) is 48.1 Å². The molecular formula is C20H27N5O3. The fraction of sp³-hybridized carbons (Fsp3) is 0.550. The van der Waals surface area contributed by atoms with Crippen LogP contribution in [0, 0.1) is 33.6 Å². The molecule has 0 radical (unpaired) electrons. The van der Waals surface area contributed by atoms with Crippen LogP contribution >= 0.6 is 0 Å². The van der Waals surface area contributed by atoms with Crippen molar-refractivity contribution in [2.24, 2.45) is 5.92 Å². The van der Waals surface area contributed by atoms with Crippen LogP contribution in [0.4, 0.5) is 0 Å². The Bertz CT molecular complexity index is 901. The van der Waals surface area contributed by atoms with E-state index in [0.29, 0.717) is 18.8 Å². The first-order chi connectivity index (χ1) is 13.2. The molecule has 2 atom stereocenters. The number of piperidine rings is 1. The molecule has 1 aliphatic heterocycles. The van der Waals surface area contributed by atoms with Crippen molar-refractivity contribution in [2.75, 3.05) is 6.54 Å². The van der Waals surface area contributed by atoms with Gasteiger partial charge in [-0.15, -0.1) is 0 Å². The van der Waals surface area contributed by atoms with Crippen molar-refractivity contribution in [2.45, 2.75) is 59.9 Å².